The van der Waals surface area contributed by atoms with E-state index >= 15 is 0 Å². The van der Waals surface area contributed by atoms with Crippen molar-refractivity contribution in [2.24, 2.45) is 5.73 Å². The zero-order valence-electron chi connectivity index (χ0n) is 8.60. The maximum Gasteiger partial charge on any atom is 0.320 e. The summed E-state index contributed by atoms with van der Waals surface area (Å²) in [5, 5.41) is 8.46. The van der Waals surface area contributed by atoms with Gasteiger partial charge in [-0.25, -0.2) is 0 Å². The number of aliphatic carboxylic acids is 1. The van der Waals surface area contributed by atoms with Crippen LogP contribution in [0.4, 0.5) is 0 Å². The second-order valence-corrected chi connectivity index (χ2v) is 3.24. The monoisotopic (exact) mass is 246 g/mol. The molecule has 0 bridgehead atoms. The van der Waals surface area contributed by atoms with Crippen LogP contribution in [0.5, 0.6) is 0 Å². The summed E-state index contributed by atoms with van der Waals surface area (Å²) in [4.78, 5) is 12.4. The van der Waals surface area contributed by atoms with Crippen LogP contribution in [0.25, 0.3) is 0 Å². The molecule has 0 aliphatic carbocycles. The molecule has 3 N–H and O–H groups in total. The first kappa shape index (κ1) is 19.5. The summed E-state index contributed by atoms with van der Waals surface area (Å²) in [6.07, 6.45) is 2.46. The van der Waals surface area contributed by atoms with Crippen LogP contribution >= 0.6 is 24.8 Å². The number of hydrogen-bond acceptors (Lipinski definition) is 3. The van der Waals surface area contributed by atoms with Crippen molar-refractivity contribution in [1.82, 2.24) is 4.90 Å². The minimum atomic E-state index is -0.903. The Morgan fingerprint density at radius 1 is 1.36 bits per heavy atom. The molecule has 0 aliphatic rings. The highest BCUT2D eigenvalue weighted by atomic mass is 35.5. The molecule has 0 aromatic rings. The first-order valence-electron chi connectivity index (χ1n) is 4.17. The van der Waals surface area contributed by atoms with E-state index in [0.29, 0.717) is 6.42 Å². The predicted molar refractivity (Wildman–Crippen MR) is 62.5 cm³/mol. The van der Waals surface area contributed by atoms with Crippen molar-refractivity contribution in [1.29, 1.82) is 0 Å². The van der Waals surface area contributed by atoms with Gasteiger partial charge in [0.2, 0.25) is 0 Å². The van der Waals surface area contributed by atoms with Gasteiger partial charge in [-0.05, 0) is 33.5 Å². The second-order valence-electron chi connectivity index (χ2n) is 3.24. The lowest BCUT2D eigenvalue weighted by atomic mass is 10.1. The van der Waals surface area contributed by atoms with Crippen LogP contribution in [0.15, 0.2) is 0 Å². The maximum absolute atomic E-state index is 10.3. The molecule has 0 rings (SSSR count). The van der Waals surface area contributed by atoms with Gasteiger partial charge in [0, 0.05) is 0 Å². The molecule has 88 valence electrons. The summed E-state index contributed by atoms with van der Waals surface area (Å²) in [6, 6.07) is -0.688. The first-order chi connectivity index (χ1) is 5.54. The largest absolute Gasteiger partial charge is 0.480 e. The Hall–Kier alpha value is -0.0300. The number of halogens is 2. The van der Waals surface area contributed by atoms with Gasteiger partial charge in [-0.3, -0.25) is 4.79 Å². The fourth-order valence-electron chi connectivity index (χ4n) is 0.916. The number of unbranched alkanes of at least 4 members (excludes halogenated alkanes) is 1. The number of hydrogen-bond donors (Lipinski definition) is 2. The molecule has 0 heterocycles. The number of carboxylic acids is 1. The second kappa shape index (κ2) is 11.0. The molecule has 1 atom stereocenters. The predicted octanol–water partition coefficient (Wildman–Crippen LogP) is 0.974. The summed E-state index contributed by atoms with van der Waals surface area (Å²) in [7, 11) is 3.99. The van der Waals surface area contributed by atoms with Gasteiger partial charge < -0.3 is 15.7 Å². The van der Waals surface area contributed by atoms with Gasteiger partial charge in [-0.15, -0.1) is 24.8 Å². The highest BCUT2D eigenvalue weighted by Gasteiger charge is 2.09. The van der Waals surface area contributed by atoms with Crippen LogP contribution in [-0.4, -0.2) is 42.7 Å². The molecule has 0 aromatic heterocycles. The Morgan fingerprint density at radius 2 is 1.86 bits per heavy atom. The third-order valence-corrected chi connectivity index (χ3v) is 1.69. The van der Waals surface area contributed by atoms with Crippen molar-refractivity contribution in [3.8, 4) is 0 Å². The molecule has 6 heteroatoms. The smallest absolute Gasteiger partial charge is 0.320 e. The van der Waals surface area contributed by atoms with Crippen LogP contribution in [0.3, 0.4) is 0 Å². The van der Waals surface area contributed by atoms with Crippen molar-refractivity contribution in [3.05, 3.63) is 0 Å². The zero-order chi connectivity index (χ0) is 9.56. The summed E-state index contributed by atoms with van der Waals surface area (Å²) >= 11 is 0. The zero-order valence-corrected chi connectivity index (χ0v) is 10.2. The van der Waals surface area contributed by atoms with E-state index in [1.807, 2.05) is 14.1 Å². The number of nitrogens with zero attached hydrogens (tertiary/aromatic N) is 1. The number of nitrogens with two attached hydrogens (primary N) is 1. The third kappa shape index (κ3) is 12.0. The average Bonchev–Trinajstić information content (AvgIpc) is 1.97. The van der Waals surface area contributed by atoms with Crippen molar-refractivity contribution in [2.45, 2.75) is 25.3 Å². The molecule has 0 aliphatic heterocycles. The molecule has 0 radical (unpaired) electrons. The molecule has 0 saturated carbocycles. The highest BCUT2D eigenvalue weighted by Crippen LogP contribution is 1.99. The summed E-state index contributed by atoms with van der Waals surface area (Å²) in [5.41, 5.74) is 5.32. The van der Waals surface area contributed by atoms with E-state index in [1.165, 1.54) is 0 Å². The Bertz CT molecular complexity index is 145. The summed E-state index contributed by atoms with van der Waals surface area (Å²) < 4.78 is 0. The first-order valence-corrected chi connectivity index (χ1v) is 4.17. The van der Waals surface area contributed by atoms with Crippen LogP contribution in [0.2, 0.25) is 0 Å². The van der Waals surface area contributed by atoms with Crippen molar-refractivity contribution in [2.75, 3.05) is 20.6 Å². The van der Waals surface area contributed by atoms with E-state index in [0.717, 1.165) is 19.4 Å². The number of carboxylic acid groups (broad SMARTS) is 1. The van der Waals surface area contributed by atoms with E-state index in [9.17, 15) is 4.79 Å². The highest BCUT2D eigenvalue weighted by molar-refractivity contribution is 5.85. The molecule has 4 nitrogen and oxygen atoms in total. The standard InChI is InChI=1S/C8H18N2O2.2ClH/c1-10(2)6-4-3-5-7(9)8(11)12;;/h7H,3-6,9H2,1-2H3,(H,11,12);2*1H/t7-;;/m0../s1. The molecular weight excluding hydrogens is 227 g/mol. The van der Waals surface area contributed by atoms with Crippen molar-refractivity contribution >= 4 is 30.8 Å². The van der Waals surface area contributed by atoms with Crippen LogP contribution in [-0.2, 0) is 4.79 Å². The Labute approximate surface area is 97.7 Å². The fraction of sp³-hybridized carbons (Fsp3) is 0.875. The molecule has 0 spiro atoms. The SMILES string of the molecule is CN(C)CCCC[C@H](N)C(=O)O.Cl.Cl. The van der Waals surface area contributed by atoms with Crippen molar-refractivity contribution < 1.29 is 9.90 Å². The van der Waals surface area contributed by atoms with E-state index in [-0.39, 0.29) is 24.8 Å². The van der Waals surface area contributed by atoms with E-state index in [2.05, 4.69) is 4.90 Å². The minimum absolute atomic E-state index is 0. The Kier molecular flexibility index (Phi) is 15.4. The number of rotatable bonds is 6. The fourth-order valence-corrected chi connectivity index (χ4v) is 0.916. The van der Waals surface area contributed by atoms with Crippen LogP contribution < -0.4 is 5.73 Å². The molecule has 0 aromatic carbocycles. The molecular formula is C8H20Cl2N2O2. The Balaban J connectivity index is -0.000000605. The molecule has 0 amide bonds. The molecule has 0 unspecified atom stereocenters. The average molecular weight is 247 g/mol. The van der Waals surface area contributed by atoms with Crippen LogP contribution in [0.1, 0.15) is 19.3 Å². The van der Waals surface area contributed by atoms with Crippen molar-refractivity contribution in [3.63, 3.8) is 0 Å². The van der Waals surface area contributed by atoms with Crippen LogP contribution in [0, 0.1) is 0 Å². The van der Waals surface area contributed by atoms with Gasteiger partial charge >= 0.3 is 5.97 Å². The van der Waals surface area contributed by atoms with Gasteiger partial charge in [0.1, 0.15) is 6.04 Å². The van der Waals surface area contributed by atoms with Gasteiger partial charge in [0.25, 0.3) is 0 Å². The van der Waals surface area contributed by atoms with Gasteiger partial charge in [0.05, 0.1) is 0 Å². The maximum atomic E-state index is 10.3. The molecule has 14 heavy (non-hydrogen) atoms. The van der Waals surface area contributed by atoms with Gasteiger partial charge in [0.15, 0.2) is 0 Å². The molecule has 0 fully saturated rings. The van der Waals surface area contributed by atoms with E-state index < -0.39 is 12.0 Å². The summed E-state index contributed by atoms with van der Waals surface area (Å²) in [6.45, 7) is 0.992. The van der Waals surface area contributed by atoms with Gasteiger partial charge in [-0.1, -0.05) is 6.42 Å². The quantitative estimate of drug-likeness (QED) is 0.686. The number of carbonyl (C=O) groups is 1. The lowest BCUT2D eigenvalue weighted by Crippen LogP contribution is -2.30. The lowest BCUT2D eigenvalue weighted by Gasteiger charge is -2.09. The Morgan fingerprint density at radius 3 is 2.21 bits per heavy atom. The molecule has 0 saturated heterocycles. The van der Waals surface area contributed by atoms with E-state index in [1.54, 1.807) is 0 Å². The minimum Gasteiger partial charge on any atom is -0.480 e. The third-order valence-electron chi connectivity index (χ3n) is 1.69. The van der Waals surface area contributed by atoms with E-state index in [4.69, 9.17) is 10.8 Å². The van der Waals surface area contributed by atoms with Gasteiger partial charge in [-0.2, -0.15) is 0 Å². The topological polar surface area (TPSA) is 66.6 Å². The summed E-state index contributed by atoms with van der Waals surface area (Å²) in [5.74, 6) is -0.903. The normalized spacial score (nSPS) is 11.4. The lowest BCUT2D eigenvalue weighted by molar-refractivity contribution is -0.138.